The van der Waals surface area contributed by atoms with Crippen LogP contribution in [0.15, 0.2) is 29.2 Å². The fraction of sp³-hybridized carbons (Fsp3) is 0.300. The van der Waals surface area contributed by atoms with Gasteiger partial charge in [0, 0.05) is 6.26 Å². The van der Waals surface area contributed by atoms with Crippen LogP contribution in [0.4, 0.5) is 0 Å². The van der Waals surface area contributed by atoms with Crippen LogP contribution in [-0.2, 0) is 16.3 Å². The largest absolute Gasteiger partial charge is 0.224 e. The second-order valence-corrected chi connectivity index (χ2v) is 4.97. The molecule has 13 heavy (non-hydrogen) atoms. The molecule has 0 atom stereocenters. The second kappa shape index (κ2) is 3.92. The molecule has 0 bridgehead atoms. The average molecular weight is 197 g/mol. The number of rotatable bonds is 3. The van der Waals surface area contributed by atoms with Crippen LogP contribution in [0.5, 0.6) is 0 Å². The molecule has 0 saturated heterocycles. The molecule has 0 fully saturated rings. The van der Waals surface area contributed by atoms with E-state index in [1.54, 1.807) is 12.1 Å². The maximum atomic E-state index is 11.3. The van der Waals surface area contributed by atoms with Crippen LogP contribution >= 0.6 is 0 Å². The van der Waals surface area contributed by atoms with Crippen LogP contribution in [0.25, 0.3) is 0 Å². The third kappa shape index (κ3) is 2.56. The molecule has 0 aromatic heterocycles. The summed E-state index contributed by atoms with van der Waals surface area (Å²) < 4.78 is 22.6. The van der Waals surface area contributed by atoms with E-state index in [4.69, 9.17) is 0 Å². The van der Waals surface area contributed by atoms with E-state index in [0.29, 0.717) is 17.7 Å². The molecular weight excluding hydrogens is 184 g/mol. The zero-order valence-corrected chi connectivity index (χ0v) is 8.47. The van der Waals surface area contributed by atoms with Gasteiger partial charge in [0.05, 0.1) is 4.90 Å². The minimum Gasteiger partial charge on any atom is -0.224 e. The average Bonchev–Trinajstić information content (AvgIpc) is 2.04. The highest BCUT2D eigenvalue weighted by atomic mass is 32.2. The Balaban J connectivity index is 3.20. The van der Waals surface area contributed by atoms with Gasteiger partial charge < -0.3 is 0 Å². The van der Waals surface area contributed by atoms with Crippen LogP contribution < -0.4 is 0 Å². The van der Waals surface area contributed by atoms with Gasteiger partial charge in [-0.15, -0.1) is 0 Å². The van der Waals surface area contributed by atoms with E-state index in [1.165, 1.54) is 6.26 Å². The van der Waals surface area contributed by atoms with Gasteiger partial charge in [-0.05, 0) is 24.5 Å². The van der Waals surface area contributed by atoms with Gasteiger partial charge in [-0.1, -0.05) is 25.1 Å². The molecule has 1 rings (SSSR count). The number of hydrogen-bond donors (Lipinski definition) is 0. The summed E-state index contributed by atoms with van der Waals surface area (Å²) in [5.74, 6) is 0. The van der Waals surface area contributed by atoms with E-state index >= 15 is 0 Å². The van der Waals surface area contributed by atoms with Crippen molar-refractivity contribution in [2.45, 2.75) is 17.7 Å². The van der Waals surface area contributed by atoms with Crippen LogP contribution in [-0.4, -0.2) is 14.7 Å². The SMILES string of the molecule is [CH2]CCc1ccccc1S(C)(=O)=O. The Kier molecular flexibility index (Phi) is 3.09. The molecule has 0 saturated carbocycles. The molecule has 0 N–H and O–H groups in total. The Morgan fingerprint density at radius 3 is 2.46 bits per heavy atom. The number of aryl methyl sites for hydroxylation is 1. The highest BCUT2D eigenvalue weighted by molar-refractivity contribution is 7.90. The molecule has 1 aromatic rings. The summed E-state index contributed by atoms with van der Waals surface area (Å²) in [5, 5.41) is 0. The van der Waals surface area contributed by atoms with Crippen LogP contribution in [0, 0.1) is 6.92 Å². The number of hydrogen-bond acceptors (Lipinski definition) is 2. The maximum absolute atomic E-state index is 11.3. The summed E-state index contributed by atoms with van der Waals surface area (Å²) in [5.41, 5.74) is 0.861. The van der Waals surface area contributed by atoms with Crippen molar-refractivity contribution in [3.8, 4) is 0 Å². The van der Waals surface area contributed by atoms with Crippen molar-refractivity contribution in [1.82, 2.24) is 0 Å². The molecule has 3 heteroatoms. The van der Waals surface area contributed by atoms with Crippen molar-refractivity contribution in [3.05, 3.63) is 36.8 Å². The highest BCUT2D eigenvalue weighted by Crippen LogP contribution is 2.16. The van der Waals surface area contributed by atoms with Crippen LogP contribution in [0.3, 0.4) is 0 Å². The lowest BCUT2D eigenvalue weighted by molar-refractivity contribution is 0.600. The molecule has 0 amide bonds. The molecule has 0 aliphatic rings. The third-order valence-corrected chi connectivity index (χ3v) is 3.02. The molecule has 1 radical (unpaired) electrons. The predicted molar refractivity (Wildman–Crippen MR) is 53.2 cm³/mol. The van der Waals surface area contributed by atoms with Gasteiger partial charge in [-0.3, -0.25) is 0 Å². The Morgan fingerprint density at radius 1 is 1.31 bits per heavy atom. The van der Waals surface area contributed by atoms with Crippen LogP contribution in [0.1, 0.15) is 12.0 Å². The second-order valence-electron chi connectivity index (χ2n) is 2.98. The van der Waals surface area contributed by atoms with Gasteiger partial charge in [-0.2, -0.15) is 0 Å². The van der Waals surface area contributed by atoms with E-state index in [9.17, 15) is 8.42 Å². The van der Waals surface area contributed by atoms with Gasteiger partial charge in [0.25, 0.3) is 0 Å². The Labute approximate surface area is 79.5 Å². The maximum Gasteiger partial charge on any atom is 0.175 e. The fourth-order valence-electron chi connectivity index (χ4n) is 1.26. The summed E-state index contributed by atoms with van der Waals surface area (Å²) in [7, 11) is -3.08. The smallest absolute Gasteiger partial charge is 0.175 e. The standard InChI is InChI=1S/C10H13O2S/c1-3-6-9-7-4-5-8-10(9)13(2,11)12/h4-5,7-8H,1,3,6H2,2H3. The molecule has 0 unspecified atom stereocenters. The first kappa shape index (κ1) is 10.3. The van der Waals surface area contributed by atoms with Gasteiger partial charge in [-0.25, -0.2) is 8.42 Å². The summed E-state index contributed by atoms with van der Waals surface area (Å²) in [6.45, 7) is 3.71. The molecule has 0 aliphatic carbocycles. The zero-order chi connectivity index (χ0) is 9.90. The van der Waals surface area contributed by atoms with Crippen molar-refractivity contribution >= 4 is 9.84 Å². The lowest BCUT2D eigenvalue weighted by Crippen LogP contribution is -2.01. The lowest BCUT2D eigenvalue weighted by Gasteiger charge is -2.05. The highest BCUT2D eigenvalue weighted by Gasteiger charge is 2.10. The van der Waals surface area contributed by atoms with E-state index in [-0.39, 0.29) is 0 Å². The normalized spacial score (nSPS) is 11.5. The minimum atomic E-state index is -3.08. The van der Waals surface area contributed by atoms with Gasteiger partial charge in [0.2, 0.25) is 0 Å². The summed E-state index contributed by atoms with van der Waals surface area (Å²) in [4.78, 5) is 0.429. The molecule has 2 nitrogen and oxygen atoms in total. The molecular formula is C10H13O2S. The van der Waals surface area contributed by atoms with E-state index < -0.39 is 9.84 Å². The first-order valence-electron chi connectivity index (χ1n) is 4.13. The van der Waals surface area contributed by atoms with E-state index in [2.05, 4.69) is 6.92 Å². The van der Waals surface area contributed by atoms with Gasteiger partial charge in [0.15, 0.2) is 9.84 Å². The lowest BCUT2D eigenvalue weighted by atomic mass is 10.1. The topological polar surface area (TPSA) is 34.1 Å². The van der Waals surface area contributed by atoms with Crippen molar-refractivity contribution in [2.24, 2.45) is 0 Å². The first-order valence-corrected chi connectivity index (χ1v) is 6.02. The molecule has 0 spiro atoms. The van der Waals surface area contributed by atoms with E-state index in [1.807, 2.05) is 12.1 Å². The van der Waals surface area contributed by atoms with Gasteiger partial charge >= 0.3 is 0 Å². The summed E-state index contributed by atoms with van der Waals surface area (Å²) in [6, 6.07) is 7.06. The summed E-state index contributed by atoms with van der Waals surface area (Å²) >= 11 is 0. The van der Waals surface area contributed by atoms with Crippen molar-refractivity contribution in [2.75, 3.05) is 6.26 Å². The first-order chi connectivity index (χ1) is 6.05. The van der Waals surface area contributed by atoms with E-state index in [0.717, 1.165) is 5.56 Å². The third-order valence-electron chi connectivity index (χ3n) is 1.82. The number of sulfone groups is 1. The monoisotopic (exact) mass is 197 g/mol. The Morgan fingerprint density at radius 2 is 1.92 bits per heavy atom. The van der Waals surface area contributed by atoms with Crippen molar-refractivity contribution < 1.29 is 8.42 Å². The fourth-order valence-corrected chi connectivity index (χ4v) is 2.23. The quantitative estimate of drug-likeness (QED) is 0.741. The van der Waals surface area contributed by atoms with Crippen molar-refractivity contribution in [3.63, 3.8) is 0 Å². The minimum absolute atomic E-state index is 0.429. The summed E-state index contributed by atoms with van der Waals surface area (Å²) in [6.07, 6.45) is 2.66. The molecule has 0 heterocycles. The predicted octanol–water partition coefficient (Wildman–Crippen LogP) is 1.86. The zero-order valence-electron chi connectivity index (χ0n) is 7.66. The number of benzene rings is 1. The molecule has 0 aliphatic heterocycles. The van der Waals surface area contributed by atoms with Gasteiger partial charge in [0.1, 0.15) is 0 Å². The molecule has 1 aromatic carbocycles. The Hall–Kier alpha value is -0.830. The van der Waals surface area contributed by atoms with Crippen LogP contribution in [0.2, 0.25) is 0 Å². The van der Waals surface area contributed by atoms with Crippen molar-refractivity contribution in [1.29, 1.82) is 0 Å². The Bertz CT molecular complexity index is 380. The molecule has 71 valence electrons.